The highest BCUT2D eigenvalue weighted by Gasteiger charge is 2.60. The van der Waals surface area contributed by atoms with Gasteiger partial charge in [0.2, 0.25) is 5.91 Å². The summed E-state index contributed by atoms with van der Waals surface area (Å²) in [5.41, 5.74) is 0.154. The number of amides is 1. The molecule has 1 amide bonds. The van der Waals surface area contributed by atoms with E-state index in [1.54, 1.807) is 0 Å². The van der Waals surface area contributed by atoms with Crippen molar-refractivity contribution in [3.8, 4) is 0 Å². The highest BCUT2D eigenvalue weighted by atomic mass is 32.2. The summed E-state index contributed by atoms with van der Waals surface area (Å²) in [6, 6.07) is 0.622. The van der Waals surface area contributed by atoms with E-state index in [4.69, 9.17) is 4.74 Å². The van der Waals surface area contributed by atoms with Crippen molar-refractivity contribution in [3.05, 3.63) is 0 Å². The number of rotatable bonds is 5. The lowest BCUT2D eigenvalue weighted by Crippen LogP contribution is -2.72. The molecule has 2 atom stereocenters. The second-order valence-electron chi connectivity index (χ2n) is 6.71. The maximum atomic E-state index is 12.1. The number of morpholine rings is 1. The zero-order valence-electron chi connectivity index (χ0n) is 13.0. The molecule has 0 aromatic rings. The molecule has 1 aliphatic heterocycles. The largest absolute Gasteiger partial charge is 0.397 e. The summed E-state index contributed by atoms with van der Waals surface area (Å²) in [6.07, 6.45) is 0.0923. The molecule has 1 spiro atoms. The summed E-state index contributed by atoms with van der Waals surface area (Å²) in [4.78, 5) is 14.4. The minimum atomic E-state index is -4.21. The molecule has 0 radical (unpaired) electrons. The van der Waals surface area contributed by atoms with Crippen LogP contribution in [0.15, 0.2) is 0 Å². The minimum Gasteiger partial charge on any atom is -0.379 e. The third-order valence-electron chi connectivity index (χ3n) is 5.42. The Morgan fingerprint density at radius 3 is 2.57 bits per heavy atom. The van der Waals surface area contributed by atoms with Crippen LogP contribution in [0, 0.1) is 5.41 Å². The van der Waals surface area contributed by atoms with E-state index in [1.807, 2.05) is 0 Å². The van der Waals surface area contributed by atoms with Gasteiger partial charge >= 0.3 is 6.18 Å². The average molecular weight is 352 g/mol. The maximum Gasteiger partial charge on any atom is 0.397 e. The number of carbonyl (C=O) groups excluding carboxylic acids is 1. The molecule has 2 aliphatic carbocycles. The van der Waals surface area contributed by atoms with Crippen molar-refractivity contribution in [1.82, 2.24) is 10.2 Å². The molecule has 132 valence electrons. The van der Waals surface area contributed by atoms with Gasteiger partial charge in [-0.15, -0.1) is 11.8 Å². The Morgan fingerprint density at radius 1 is 1.30 bits per heavy atom. The molecule has 0 unspecified atom stereocenters. The number of halogens is 3. The van der Waals surface area contributed by atoms with Gasteiger partial charge in [-0.25, -0.2) is 0 Å². The molecule has 1 N–H and O–H groups in total. The highest BCUT2D eigenvalue weighted by molar-refractivity contribution is 8.00. The third-order valence-corrected chi connectivity index (χ3v) is 6.42. The van der Waals surface area contributed by atoms with E-state index in [1.165, 1.54) is 6.42 Å². The van der Waals surface area contributed by atoms with Crippen molar-refractivity contribution < 1.29 is 22.7 Å². The summed E-state index contributed by atoms with van der Waals surface area (Å²) >= 11 is 0.635. The standard InChI is InChI=1S/C15H23F3N2O2S/c16-15(17,18)10-23-9-13(21)19-11-8-12(14(11)2-1-3-14)20-4-6-22-7-5-20/h11-12H,1-10H2,(H,19,21)/t11-,12-/m1/s1. The number of ether oxygens (including phenoxy) is 1. The van der Waals surface area contributed by atoms with E-state index in [2.05, 4.69) is 10.2 Å². The van der Waals surface area contributed by atoms with Gasteiger partial charge in [-0.05, 0) is 19.3 Å². The summed E-state index contributed by atoms with van der Waals surface area (Å²) in [5.74, 6) is -1.35. The molecule has 1 saturated heterocycles. The second-order valence-corrected chi connectivity index (χ2v) is 7.70. The molecule has 0 aromatic carbocycles. The predicted molar refractivity (Wildman–Crippen MR) is 82.4 cm³/mol. The molecule has 2 saturated carbocycles. The van der Waals surface area contributed by atoms with Crippen molar-refractivity contribution in [3.63, 3.8) is 0 Å². The third kappa shape index (κ3) is 3.79. The van der Waals surface area contributed by atoms with E-state index >= 15 is 0 Å². The Labute approximate surface area is 138 Å². The minimum absolute atomic E-state index is 0.117. The SMILES string of the molecule is O=C(CSCC(F)(F)F)N[C@@H]1C[C@@H](N2CCOCC2)C12CCC2. The van der Waals surface area contributed by atoms with Gasteiger partial charge < -0.3 is 10.1 Å². The number of nitrogens with zero attached hydrogens (tertiary/aromatic N) is 1. The molecule has 8 heteroatoms. The van der Waals surface area contributed by atoms with Gasteiger partial charge in [0.15, 0.2) is 0 Å². The van der Waals surface area contributed by atoms with Crippen molar-refractivity contribution in [2.75, 3.05) is 37.8 Å². The fourth-order valence-corrected chi connectivity index (χ4v) is 4.73. The van der Waals surface area contributed by atoms with Crippen LogP contribution in [0.1, 0.15) is 25.7 Å². The van der Waals surface area contributed by atoms with Crippen LogP contribution < -0.4 is 5.32 Å². The Morgan fingerprint density at radius 2 is 2.00 bits per heavy atom. The van der Waals surface area contributed by atoms with Gasteiger partial charge in [-0.1, -0.05) is 6.42 Å². The van der Waals surface area contributed by atoms with Crippen LogP contribution in [-0.4, -0.2) is 66.9 Å². The zero-order chi connectivity index (χ0) is 16.5. The second kappa shape index (κ2) is 6.80. The van der Waals surface area contributed by atoms with Crippen LogP contribution in [0.5, 0.6) is 0 Å². The van der Waals surface area contributed by atoms with Gasteiger partial charge in [-0.3, -0.25) is 9.69 Å². The Balaban J connectivity index is 1.47. The van der Waals surface area contributed by atoms with Crippen molar-refractivity contribution in [2.24, 2.45) is 5.41 Å². The van der Waals surface area contributed by atoms with Crippen LogP contribution in [0.4, 0.5) is 13.2 Å². The average Bonchev–Trinajstić information content (AvgIpc) is 2.41. The van der Waals surface area contributed by atoms with E-state index < -0.39 is 11.9 Å². The van der Waals surface area contributed by atoms with Gasteiger partial charge in [0.05, 0.1) is 24.7 Å². The summed E-state index contributed by atoms with van der Waals surface area (Å²) in [7, 11) is 0. The number of thioether (sulfide) groups is 1. The van der Waals surface area contributed by atoms with Crippen molar-refractivity contribution in [1.29, 1.82) is 0 Å². The molecule has 4 nitrogen and oxygen atoms in total. The smallest absolute Gasteiger partial charge is 0.379 e. The van der Waals surface area contributed by atoms with Gasteiger partial charge in [0.25, 0.3) is 0 Å². The first kappa shape index (κ1) is 17.4. The van der Waals surface area contributed by atoms with Crippen LogP contribution in [0.3, 0.4) is 0 Å². The molecular weight excluding hydrogens is 329 g/mol. The Hall–Kier alpha value is -0.470. The quantitative estimate of drug-likeness (QED) is 0.822. The summed E-state index contributed by atoms with van der Waals surface area (Å²) in [6.45, 7) is 3.40. The van der Waals surface area contributed by atoms with Gasteiger partial charge in [0.1, 0.15) is 0 Å². The molecule has 3 fully saturated rings. The fraction of sp³-hybridized carbons (Fsp3) is 0.933. The van der Waals surface area contributed by atoms with Crippen molar-refractivity contribution in [2.45, 2.75) is 43.9 Å². The lowest BCUT2D eigenvalue weighted by atomic mass is 9.49. The molecule has 3 rings (SSSR count). The van der Waals surface area contributed by atoms with Crippen LogP contribution in [-0.2, 0) is 9.53 Å². The Kier molecular flexibility index (Phi) is 5.13. The van der Waals surface area contributed by atoms with Crippen molar-refractivity contribution >= 4 is 17.7 Å². The van der Waals surface area contributed by atoms with E-state index in [-0.39, 0.29) is 23.1 Å². The van der Waals surface area contributed by atoms with E-state index in [9.17, 15) is 18.0 Å². The number of hydrogen-bond donors (Lipinski definition) is 1. The first-order valence-corrected chi connectivity index (χ1v) is 9.32. The molecular formula is C15H23F3N2O2S. The topological polar surface area (TPSA) is 41.6 Å². The summed E-state index contributed by atoms with van der Waals surface area (Å²) < 4.78 is 41.8. The number of nitrogens with one attached hydrogen (secondary N) is 1. The normalized spacial score (nSPS) is 30.6. The van der Waals surface area contributed by atoms with Crippen LogP contribution in [0.2, 0.25) is 0 Å². The molecule has 0 aromatic heterocycles. The first-order chi connectivity index (χ1) is 10.9. The predicted octanol–water partition coefficient (Wildman–Crippen LogP) is 2.04. The van der Waals surface area contributed by atoms with E-state index in [0.29, 0.717) is 17.8 Å². The van der Waals surface area contributed by atoms with Gasteiger partial charge in [0, 0.05) is 30.6 Å². The van der Waals surface area contributed by atoms with E-state index in [0.717, 1.165) is 45.6 Å². The number of carbonyl (C=O) groups is 1. The zero-order valence-corrected chi connectivity index (χ0v) is 13.8. The summed E-state index contributed by atoms with van der Waals surface area (Å²) in [5, 5.41) is 2.98. The molecule has 0 bridgehead atoms. The number of hydrogen-bond acceptors (Lipinski definition) is 4. The monoisotopic (exact) mass is 352 g/mol. The van der Waals surface area contributed by atoms with Crippen LogP contribution in [0.25, 0.3) is 0 Å². The lowest BCUT2D eigenvalue weighted by molar-refractivity contribution is -0.145. The molecule has 1 heterocycles. The first-order valence-electron chi connectivity index (χ1n) is 8.16. The van der Waals surface area contributed by atoms with Gasteiger partial charge in [-0.2, -0.15) is 13.2 Å². The molecule has 23 heavy (non-hydrogen) atoms. The lowest BCUT2D eigenvalue weighted by Gasteiger charge is -2.64. The Bertz CT molecular complexity index is 437. The van der Waals surface area contributed by atoms with Crippen LogP contribution >= 0.6 is 11.8 Å². The number of alkyl halides is 3. The fourth-order valence-electron chi connectivity index (χ4n) is 4.13. The molecule has 3 aliphatic rings. The highest BCUT2D eigenvalue weighted by Crippen LogP contribution is 2.57. The maximum absolute atomic E-state index is 12.1.